The van der Waals surface area contributed by atoms with Crippen LogP contribution in [0.4, 0.5) is 5.69 Å². The zero-order chi connectivity index (χ0) is 14.4. The van der Waals surface area contributed by atoms with Crippen LogP contribution in [0.25, 0.3) is 0 Å². The number of hydrogen-bond donors (Lipinski definition) is 3. The highest BCUT2D eigenvalue weighted by molar-refractivity contribution is 5.78. The van der Waals surface area contributed by atoms with E-state index in [-0.39, 0.29) is 31.1 Å². The summed E-state index contributed by atoms with van der Waals surface area (Å²) in [5, 5.41) is 12.3. The lowest BCUT2D eigenvalue weighted by molar-refractivity contribution is -0.124. The van der Waals surface area contributed by atoms with E-state index in [2.05, 4.69) is 5.32 Å². The third-order valence-corrected chi connectivity index (χ3v) is 3.77. The van der Waals surface area contributed by atoms with E-state index in [1.807, 2.05) is 12.1 Å². The molecule has 0 aromatic heterocycles. The maximum Gasteiger partial charge on any atom is 0.258 e. The predicted octanol–water partition coefficient (Wildman–Crippen LogP) is 1.31. The number of aliphatic hydroxyl groups is 1. The molecular formula is C15H22N2O3. The molecule has 1 amide bonds. The van der Waals surface area contributed by atoms with Crippen molar-refractivity contribution in [3.05, 3.63) is 24.3 Å². The van der Waals surface area contributed by atoms with Gasteiger partial charge in [-0.2, -0.15) is 0 Å². The molecule has 2 atom stereocenters. The predicted molar refractivity (Wildman–Crippen MR) is 77.3 cm³/mol. The molecule has 20 heavy (non-hydrogen) atoms. The number of benzene rings is 1. The molecule has 1 aliphatic carbocycles. The molecule has 0 aliphatic heterocycles. The van der Waals surface area contributed by atoms with E-state index >= 15 is 0 Å². The van der Waals surface area contributed by atoms with Gasteiger partial charge in [0.05, 0.1) is 5.69 Å². The van der Waals surface area contributed by atoms with E-state index in [0.717, 1.165) is 25.7 Å². The molecule has 0 spiro atoms. The highest BCUT2D eigenvalue weighted by atomic mass is 16.5. The van der Waals surface area contributed by atoms with Crippen molar-refractivity contribution in [2.24, 2.45) is 5.92 Å². The number of aliphatic hydroxyl groups excluding tert-OH is 1. The fourth-order valence-electron chi connectivity index (χ4n) is 2.62. The van der Waals surface area contributed by atoms with Gasteiger partial charge in [-0.05, 0) is 25.0 Å². The molecule has 1 saturated carbocycles. The number of rotatable bonds is 5. The molecule has 0 saturated heterocycles. The minimum Gasteiger partial charge on any atom is -0.482 e. The Balaban J connectivity index is 1.82. The highest BCUT2D eigenvalue weighted by Gasteiger charge is 2.25. The van der Waals surface area contributed by atoms with Crippen LogP contribution < -0.4 is 15.8 Å². The largest absolute Gasteiger partial charge is 0.482 e. The van der Waals surface area contributed by atoms with Crippen LogP contribution in [0.1, 0.15) is 25.7 Å². The molecule has 2 unspecified atom stereocenters. The maximum atomic E-state index is 11.9. The topological polar surface area (TPSA) is 84.6 Å². The summed E-state index contributed by atoms with van der Waals surface area (Å²) < 4.78 is 5.41. The molecule has 1 fully saturated rings. The monoisotopic (exact) mass is 278 g/mol. The molecule has 4 N–H and O–H groups in total. The number of nitrogens with two attached hydrogens (primary N) is 1. The molecule has 0 heterocycles. The fourth-order valence-corrected chi connectivity index (χ4v) is 2.62. The zero-order valence-electron chi connectivity index (χ0n) is 11.5. The third kappa shape index (κ3) is 3.87. The molecule has 2 rings (SSSR count). The minimum atomic E-state index is -0.168. The minimum absolute atomic E-state index is 0.0527. The van der Waals surface area contributed by atoms with Crippen molar-refractivity contribution in [3.63, 3.8) is 0 Å². The van der Waals surface area contributed by atoms with Crippen molar-refractivity contribution < 1.29 is 14.6 Å². The Morgan fingerprint density at radius 2 is 2.10 bits per heavy atom. The van der Waals surface area contributed by atoms with Gasteiger partial charge in [0.25, 0.3) is 5.91 Å². The Morgan fingerprint density at radius 1 is 1.35 bits per heavy atom. The molecule has 1 aliphatic rings. The van der Waals surface area contributed by atoms with Crippen molar-refractivity contribution in [2.75, 3.05) is 18.9 Å². The normalized spacial score (nSPS) is 22.2. The van der Waals surface area contributed by atoms with Crippen molar-refractivity contribution in [2.45, 2.75) is 31.7 Å². The van der Waals surface area contributed by atoms with Crippen LogP contribution >= 0.6 is 0 Å². The van der Waals surface area contributed by atoms with E-state index in [4.69, 9.17) is 10.5 Å². The second-order valence-electron chi connectivity index (χ2n) is 5.23. The van der Waals surface area contributed by atoms with Crippen LogP contribution in [-0.2, 0) is 4.79 Å². The number of anilines is 1. The highest BCUT2D eigenvalue weighted by Crippen LogP contribution is 2.24. The number of hydrogen-bond acceptors (Lipinski definition) is 4. The summed E-state index contributed by atoms with van der Waals surface area (Å²) in [4.78, 5) is 11.9. The number of nitrogens with one attached hydrogen (secondary N) is 1. The first-order chi connectivity index (χ1) is 9.70. The summed E-state index contributed by atoms with van der Waals surface area (Å²) in [6.07, 6.45) is 4.10. The second-order valence-corrected chi connectivity index (χ2v) is 5.23. The van der Waals surface area contributed by atoms with E-state index in [9.17, 15) is 9.90 Å². The van der Waals surface area contributed by atoms with Gasteiger partial charge in [-0.25, -0.2) is 0 Å². The van der Waals surface area contributed by atoms with Crippen molar-refractivity contribution >= 4 is 11.6 Å². The van der Waals surface area contributed by atoms with Crippen molar-refractivity contribution in [1.29, 1.82) is 0 Å². The van der Waals surface area contributed by atoms with Crippen LogP contribution in [-0.4, -0.2) is 30.3 Å². The average molecular weight is 278 g/mol. The van der Waals surface area contributed by atoms with Gasteiger partial charge in [-0.3, -0.25) is 4.79 Å². The van der Waals surface area contributed by atoms with E-state index in [1.54, 1.807) is 12.1 Å². The number of amides is 1. The number of carbonyl (C=O) groups excluding carboxylic acids is 1. The fraction of sp³-hybridized carbons (Fsp3) is 0.533. The smallest absolute Gasteiger partial charge is 0.258 e. The summed E-state index contributed by atoms with van der Waals surface area (Å²) in [7, 11) is 0. The lowest BCUT2D eigenvalue weighted by Gasteiger charge is -2.30. The van der Waals surface area contributed by atoms with Gasteiger partial charge >= 0.3 is 0 Å². The first-order valence-corrected chi connectivity index (χ1v) is 7.08. The SMILES string of the molecule is Nc1ccccc1OCC(=O)NC1CCCCC1CO. The van der Waals surface area contributed by atoms with Crippen molar-refractivity contribution in [3.8, 4) is 5.75 Å². The van der Waals surface area contributed by atoms with E-state index in [1.165, 1.54) is 0 Å². The van der Waals surface area contributed by atoms with Gasteiger partial charge in [0, 0.05) is 18.6 Å². The number of para-hydroxylation sites is 2. The molecule has 1 aromatic carbocycles. The van der Waals surface area contributed by atoms with Gasteiger partial charge in [0.1, 0.15) is 5.75 Å². The van der Waals surface area contributed by atoms with Gasteiger partial charge in [-0.15, -0.1) is 0 Å². The number of nitrogen functional groups attached to an aromatic ring is 1. The zero-order valence-corrected chi connectivity index (χ0v) is 11.5. The molecule has 1 aromatic rings. The number of carbonyl (C=O) groups is 1. The average Bonchev–Trinajstić information content (AvgIpc) is 2.47. The molecule has 0 radical (unpaired) electrons. The molecule has 110 valence electrons. The molecule has 5 heteroatoms. The third-order valence-electron chi connectivity index (χ3n) is 3.77. The summed E-state index contributed by atoms with van der Waals surface area (Å²) in [6.45, 7) is 0.0697. The molecular weight excluding hydrogens is 256 g/mol. The first kappa shape index (κ1) is 14.7. The first-order valence-electron chi connectivity index (χ1n) is 7.08. The van der Waals surface area contributed by atoms with Gasteiger partial charge < -0.3 is 20.9 Å². The second kappa shape index (κ2) is 7.14. The Morgan fingerprint density at radius 3 is 2.85 bits per heavy atom. The number of ether oxygens (including phenoxy) is 1. The van der Waals surface area contributed by atoms with Crippen molar-refractivity contribution in [1.82, 2.24) is 5.32 Å². The Kier molecular flexibility index (Phi) is 5.24. The summed E-state index contributed by atoms with van der Waals surface area (Å²) in [5.41, 5.74) is 6.26. The van der Waals surface area contributed by atoms with Crippen LogP contribution in [0.3, 0.4) is 0 Å². The lowest BCUT2D eigenvalue weighted by atomic mass is 9.85. The van der Waals surface area contributed by atoms with Gasteiger partial charge in [0.2, 0.25) is 0 Å². The van der Waals surface area contributed by atoms with Crippen LogP contribution in [0.15, 0.2) is 24.3 Å². The lowest BCUT2D eigenvalue weighted by Crippen LogP contribution is -2.45. The summed E-state index contributed by atoms with van der Waals surface area (Å²) in [5.74, 6) is 0.512. The standard InChI is InChI=1S/C15H22N2O3/c16-12-6-2-4-8-14(12)20-10-15(19)17-13-7-3-1-5-11(13)9-18/h2,4,6,8,11,13,18H,1,3,5,7,9-10,16H2,(H,17,19). The van der Waals surface area contributed by atoms with Crippen LogP contribution in [0.2, 0.25) is 0 Å². The Labute approximate surface area is 119 Å². The summed E-state index contributed by atoms with van der Waals surface area (Å²) >= 11 is 0. The van der Waals surface area contributed by atoms with E-state index < -0.39 is 0 Å². The van der Waals surface area contributed by atoms with E-state index in [0.29, 0.717) is 11.4 Å². The Hall–Kier alpha value is -1.75. The summed E-state index contributed by atoms with van der Waals surface area (Å²) in [6, 6.07) is 7.15. The van der Waals surface area contributed by atoms with Gasteiger partial charge in [0.15, 0.2) is 6.61 Å². The van der Waals surface area contributed by atoms with Crippen LogP contribution in [0.5, 0.6) is 5.75 Å². The maximum absolute atomic E-state index is 11.9. The molecule has 0 bridgehead atoms. The van der Waals surface area contributed by atoms with Crippen LogP contribution in [0, 0.1) is 5.92 Å². The Bertz CT molecular complexity index is 450. The quantitative estimate of drug-likeness (QED) is 0.709. The molecule has 5 nitrogen and oxygen atoms in total. The van der Waals surface area contributed by atoms with Gasteiger partial charge in [-0.1, -0.05) is 25.0 Å².